The molecule has 1 aromatic heterocycles. The number of aryl methyl sites for hydroxylation is 1. The second-order valence-corrected chi connectivity index (χ2v) is 4.79. The normalized spacial score (nSPS) is 12.1. The first-order chi connectivity index (χ1) is 9.26. The van der Waals surface area contributed by atoms with Crippen molar-refractivity contribution in [3.05, 3.63) is 30.1 Å². The summed E-state index contributed by atoms with van der Waals surface area (Å²) in [6, 6.07) is 5.73. The third-order valence-corrected chi connectivity index (χ3v) is 3.16. The van der Waals surface area contributed by atoms with E-state index in [-0.39, 0.29) is 12.5 Å². The van der Waals surface area contributed by atoms with Gasteiger partial charge in [-0.1, -0.05) is 19.4 Å². The molecule has 0 aliphatic heterocycles. The lowest BCUT2D eigenvalue weighted by Crippen LogP contribution is -2.30. The minimum atomic E-state index is 0.0599. The third kappa shape index (κ3) is 6.91. The predicted molar refractivity (Wildman–Crippen MR) is 75.7 cm³/mol. The van der Waals surface area contributed by atoms with Crippen LogP contribution in [0.3, 0.4) is 0 Å². The number of hydrogen-bond donors (Lipinski definition) is 2. The minimum Gasteiger partial charge on any atom is -0.396 e. The fourth-order valence-corrected chi connectivity index (χ4v) is 2.07. The smallest absolute Gasteiger partial charge is 0.220 e. The van der Waals surface area contributed by atoms with Gasteiger partial charge in [0.15, 0.2) is 0 Å². The van der Waals surface area contributed by atoms with Crippen molar-refractivity contribution in [3.63, 3.8) is 0 Å². The van der Waals surface area contributed by atoms with Crippen LogP contribution in [0.25, 0.3) is 0 Å². The van der Waals surface area contributed by atoms with Crippen LogP contribution in [0, 0.1) is 5.92 Å². The van der Waals surface area contributed by atoms with Crippen LogP contribution < -0.4 is 5.32 Å². The summed E-state index contributed by atoms with van der Waals surface area (Å²) >= 11 is 0. The van der Waals surface area contributed by atoms with E-state index in [0.29, 0.717) is 25.3 Å². The zero-order chi connectivity index (χ0) is 13.9. The third-order valence-electron chi connectivity index (χ3n) is 3.16. The van der Waals surface area contributed by atoms with Crippen LogP contribution in [-0.4, -0.2) is 29.1 Å². The highest BCUT2D eigenvalue weighted by Gasteiger charge is 2.09. The molecule has 19 heavy (non-hydrogen) atoms. The van der Waals surface area contributed by atoms with Crippen LogP contribution in [0.5, 0.6) is 0 Å². The SMILES string of the molecule is CCCC(CCO)CNC(=O)CCc1ccccn1. The number of aliphatic hydroxyl groups is 1. The Balaban J connectivity index is 2.23. The molecule has 1 atom stereocenters. The minimum absolute atomic E-state index is 0.0599. The summed E-state index contributed by atoms with van der Waals surface area (Å²) in [4.78, 5) is 15.9. The first kappa shape index (κ1) is 15.6. The highest BCUT2D eigenvalue weighted by atomic mass is 16.3. The van der Waals surface area contributed by atoms with Gasteiger partial charge in [0.05, 0.1) is 0 Å². The first-order valence-electron chi connectivity index (χ1n) is 7.03. The monoisotopic (exact) mass is 264 g/mol. The van der Waals surface area contributed by atoms with Crippen LogP contribution in [0.4, 0.5) is 0 Å². The summed E-state index contributed by atoms with van der Waals surface area (Å²) in [6.45, 7) is 2.97. The quantitative estimate of drug-likeness (QED) is 0.716. The molecule has 1 heterocycles. The molecule has 0 saturated carbocycles. The predicted octanol–water partition coefficient (Wildman–Crippen LogP) is 1.93. The lowest BCUT2D eigenvalue weighted by Gasteiger charge is -2.15. The fourth-order valence-electron chi connectivity index (χ4n) is 2.07. The van der Waals surface area contributed by atoms with Gasteiger partial charge < -0.3 is 10.4 Å². The number of hydrogen-bond acceptors (Lipinski definition) is 3. The van der Waals surface area contributed by atoms with Crippen molar-refractivity contribution in [2.45, 2.75) is 39.0 Å². The van der Waals surface area contributed by atoms with Crippen LogP contribution >= 0.6 is 0 Å². The number of amides is 1. The van der Waals surface area contributed by atoms with Gasteiger partial charge in [0, 0.05) is 31.5 Å². The standard InChI is InChI=1S/C15H24N2O2/c1-2-5-13(9-11-18)12-17-15(19)8-7-14-6-3-4-10-16-14/h3-4,6,10,13,18H,2,5,7-9,11-12H2,1H3,(H,17,19). The van der Waals surface area contributed by atoms with E-state index >= 15 is 0 Å². The molecule has 4 heteroatoms. The van der Waals surface area contributed by atoms with Gasteiger partial charge in [-0.15, -0.1) is 0 Å². The van der Waals surface area contributed by atoms with E-state index in [1.807, 2.05) is 18.2 Å². The van der Waals surface area contributed by atoms with E-state index in [9.17, 15) is 4.79 Å². The van der Waals surface area contributed by atoms with Crippen molar-refractivity contribution < 1.29 is 9.90 Å². The molecule has 0 aromatic carbocycles. The van der Waals surface area contributed by atoms with E-state index in [1.165, 1.54) is 0 Å². The molecule has 1 rings (SSSR count). The highest BCUT2D eigenvalue weighted by Crippen LogP contribution is 2.09. The summed E-state index contributed by atoms with van der Waals surface area (Å²) in [5.74, 6) is 0.443. The molecule has 1 unspecified atom stereocenters. The number of carbonyl (C=O) groups is 1. The maximum Gasteiger partial charge on any atom is 0.220 e. The molecule has 0 saturated heterocycles. The van der Waals surface area contributed by atoms with Crippen LogP contribution in [0.2, 0.25) is 0 Å². The number of rotatable bonds is 9. The summed E-state index contributed by atoms with van der Waals surface area (Å²) < 4.78 is 0. The van der Waals surface area contributed by atoms with Crippen molar-refractivity contribution >= 4 is 5.91 Å². The van der Waals surface area contributed by atoms with Gasteiger partial charge in [-0.25, -0.2) is 0 Å². The van der Waals surface area contributed by atoms with Crippen molar-refractivity contribution in [2.75, 3.05) is 13.2 Å². The first-order valence-corrected chi connectivity index (χ1v) is 7.03. The van der Waals surface area contributed by atoms with Gasteiger partial charge in [0.25, 0.3) is 0 Å². The molecule has 0 aliphatic carbocycles. The maximum atomic E-state index is 11.7. The number of nitrogens with one attached hydrogen (secondary N) is 1. The Bertz CT molecular complexity index is 348. The Hall–Kier alpha value is -1.42. The van der Waals surface area contributed by atoms with Crippen molar-refractivity contribution in [2.24, 2.45) is 5.92 Å². The molecule has 4 nitrogen and oxygen atoms in total. The number of aliphatic hydroxyl groups excluding tert-OH is 1. The zero-order valence-electron chi connectivity index (χ0n) is 11.6. The van der Waals surface area contributed by atoms with Crippen LogP contribution in [0.1, 0.15) is 38.3 Å². The Morgan fingerprint density at radius 1 is 1.42 bits per heavy atom. The second kappa shape index (κ2) is 9.50. The van der Waals surface area contributed by atoms with Gasteiger partial charge in [-0.2, -0.15) is 0 Å². The summed E-state index contributed by atoms with van der Waals surface area (Å²) in [6.07, 6.45) is 5.76. The molecule has 0 bridgehead atoms. The average molecular weight is 264 g/mol. The van der Waals surface area contributed by atoms with E-state index in [4.69, 9.17) is 5.11 Å². The van der Waals surface area contributed by atoms with Gasteiger partial charge in [-0.05, 0) is 37.3 Å². The Labute approximate surface area is 115 Å². The van der Waals surface area contributed by atoms with Crippen LogP contribution in [0.15, 0.2) is 24.4 Å². The largest absolute Gasteiger partial charge is 0.396 e. The molecule has 0 spiro atoms. The van der Waals surface area contributed by atoms with E-state index < -0.39 is 0 Å². The molecule has 0 radical (unpaired) electrons. The van der Waals surface area contributed by atoms with E-state index in [1.54, 1.807) is 6.20 Å². The van der Waals surface area contributed by atoms with Gasteiger partial charge in [0.2, 0.25) is 5.91 Å². The molecular formula is C15H24N2O2. The van der Waals surface area contributed by atoms with Crippen molar-refractivity contribution in [1.82, 2.24) is 10.3 Å². The zero-order valence-corrected chi connectivity index (χ0v) is 11.6. The van der Waals surface area contributed by atoms with Crippen LogP contribution in [-0.2, 0) is 11.2 Å². The molecule has 0 fully saturated rings. The molecule has 106 valence electrons. The summed E-state index contributed by atoms with van der Waals surface area (Å²) in [5.41, 5.74) is 0.943. The van der Waals surface area contributed by atoms with E-state index in [0.717, 1.165) is 25.0 Å². The molecule has 0 aliphatic rings. The number of carbonyl (C=O) groups excluding carboxylic acids is 1. The topological polar surface area (TPSA) is 62.2 Å². The van der Waals surface area contributed by atoms with Crippen molar-refractivity contribution in [3.8, 4) is 0 Å². The Morgan fingerprint density at radius 3 is 2.89 bits per heavy atom. The summed E-state index contributed by atoms with van der Waals surface area (Å²) in [7, 11) is 0. The lowest BCUT2D eigenvalue weighted by atomic mass is 10.0. The van der Waals surface area contributed by atoms with E-state index in [2.05, 4.69) is 17.2 Å². The number of pyridine rings is 1. The number of aromatic nitrogens is 1. The molecular weight excluding hydrogens is 240 g/mol. The second-order valence-electron chi connectivity index (χ2n) is 4.79. The molecule has 1 amide bonds. The average Bonchev–Trinajstić information content (AvgIpc) is 2.44. The Kier molecular flexibility index (Phi) is 7.82. The molecule has 1 aromatic rings. The van der Waals surface area contributed by atoms with Gasteiger partial charge in [-0.3, -0.25) is 9.78 Å². The van der Waals surface area contributed by atoms with Gasteiger partial charge >= 0.3 is 0 Å². The fraction of sp³-hybridized carbons (Fsp3) is 0.600. The highest BCUT2D eigenvalue weighted by molar-refractivity contribution is 5.76. The van der Waals surface area contributed by atoms with Crippen molar-refractivity contribution in [1.29, 1.82) is 0 Å². The molecule has 2 N–H and O–H groups in total. The Morgan fingerprint density at radius 2 is 2.26 bits per heavy atom. The summed E-state index contributed by atoms with van der Waals surface area (Å²) in [5, 5.41) is 11.9. The number of nitrogens with zero attached hydrogens (tertiary/aromatic N) is 1. The van der Waals surface area contributed by atoms with Gasteiger partial charge in [0.1, 0.15) is 0 Å². The maximum absolute atomic E-state index is 11.7. The lowest BCUT2D eigenvalue weighted by molar-refractivity contribution is -0.121.